The van der Waals surface area contributed by atoms with Crippen LogP contribution in [0, 0.1) is 13.8 Å². The molecule has 0 saturated carbocycles. The van der Waals surface area contributed by atoms with Crippen LogP contribution in [0.5, 0.6) is 0 Å². The minimum atomic E-state index is 0.168. The predicted molar refractivity (Wildman–Crippen MR) is 86.6 cm³/mol. The summed E-state index contributed by atoms with van der Waals surface area (Å²) in [5, 5.41) is 1.38. The van der Waals surface area contributed by atoms with E-state index < -0.39 is 0 Å². The zero-order chi connectivity index (χ0) is 14.5. The zero-order valence-corrected chi connectivity index (χ0v) is 13.4. The van der Waals surface area contributed by atoms with Crippen LogP contribution in [0.15, 0.2) is 12.1 Å². The average molecular weight is 267 g/mol. The maximum absolute atomic E-state index is 4.86. The van der Waals surface area contributed by atoms with E-state index in [0.29, 0.717) is 0 Å². The number of rotatable bonds is 0. The Morgan fingerprint density at radius 1 is 1.00 bits per heavy atom. The van der Waals surface area contributed by atoms with E-state index in [1.165, 1.54) is 47.7 Å². The molecule has 2 aromatic rings. The van der Waals surface area contributed by atoms with Crippen LogP contribution in [0.1, 0.15) is 61.6 Å². The number of hydrogen-bond acceptors (Lipinski definition) is 1. The maximum atomic E-state index is 4.86. The van der Waals surface area contributed by atoms with Crippen molar-refractivity contribution in [3.05, 3.63) is 40.1 Å². The molecule has 1 aliphatic rings. The summed E-state index contributed by atoms with van der Waals surface area (Å²) in [6.45, 7) is 11.3. The Hall–Kier alpha value is -1.37. The highest BCUT2D eigenvalue weighted by molar-refractivity contribution is 5.88. The van der Waals surface area contributed by atoms with Gasteiger partial charge in [0, 0.05) is 11.1 Å². The predicted octanol–water partition coefficient (Wildman–Crippen LogP) is 5.03. The van der Waals surface area contributed by atoms with Gasteiger partial charge in [-0.25, -0.2) is 0 Å². The normalized spacial score (nSPS) is 15.4. The molecule has 0 fully saturated rings. The first kappa shape index (κ1) is 13.6. The fourth-order valence-corrected chi connectivity index (χ4v) is 3.57. The fourth-order valence-electron chi connectivity index (χ4n) is 3.57. The van der Waals surface area contributed by atoms with Crippen molar-refractivity contribution in [2.24, 2.45) is 0 Å². The lowest BCUT2D eigenvalue weighted by Crippen LogP contribution is -2.14. The molecule has 1 aromatic heterocycles. The Morgan fingerprint density at radius 2 is 1.70 bits per heavy atom. The Balaban J connectivity index is 2.40. The van der Waals surface area contributed by atoms with Crippen molar-refractivity contribution in [1.29, 1.82) is 0 Å². The van der Waals surface area contributed by atoms with Crippen LogP contribution in [0.25, 0.3) is 10.9 Å². The van der Waals surface area contributed by atoms with E-state index in [-0.39, 0.29) is 5.41 Å². The second-order valence-electron chi connectivity index (χ2n) is 7.30. The molecule has 1 aliphatic carbocycles. The lowest BCUT2D eigenvalue weighted by atomic mass is 9.80. The fraction of sp³-hybridized carbons (Fsp3) is 0.526. The van der Waals surface area contributed by atoms with Crippen LogP contribution in [-0.4, -0.2) is 4.98 Å². The average Bonchev–Trinajstić information content (AvgIpc) is 2.38. The number of pyridine rings is 1. The first-order valence-corrected chi connectivity index (χ1v) is 7.81. The number of aromatic nitrogens is 1. The van der Waals surface area contributed by atoms with Crippen LogP contribution in [0.4, 0.5) is 0 Å². The van der Waals surface area contributed by atoms with E-state index >= 15 is 0 Å². The van der Waals surface area contributed by atoms with Crippen molar-refractivity contribution < 1.29 is 0 Å². The smallest absolute Gasteiger partial charge is 0.0740 e. The highest BCUT2D eigenvalue weighted by Crippen LogP contribution is 2.35. The van der Waals surface area contributed by atoms with Gasteiger partial charge in [-0.15, -0.1) is 0 Å². The summed E-state index contributed by atoms with van der Waals surface area (Å²) < 4.78 is 0. The van der Waals surface area contributed by atoms with Gasteiger partial charge in [0.2, 0.25) is 0 Å². The molecule has 106 valence electrons. The van der Waals surface area contributed by atoms with Gasteiger partial charge in [-0.2, -0.15) is 0 Å². The standard InChI is InChI=1S/C19H25N/c1-12-10-17(19(3,4)5)16-11-14-8-6-7-9-15(14)13(2)18(16)20-12/h10-11H,6-9H2,1-5H3. The van der Waals surface area contributed by atoms with E-state index in [9.17, 15) is 0 Å². The van der Waals surface area contributed by atoms with Crippen LogP contribution >= 0.6 is 0 Å². The lowest BCUT2D eigenvalue weighted by Gasteiger charge is -2.25. The molecule has 1 heterocycles. The summed E-state index contributed by atoms with van der Waals surface area (Å²) in [7, 11) is 0. The van der Waals surface area contributed by atoms with E-state index in [1.54, 1.807) is 11.1 Å². The van der Waals surface area contributed by atoms with Crippen LogP contribution in [0.3, 0.4) is 0 Å². The zero-order valence-electron chi connectivity index (χ0n) is 13.4. The summed E-state index contributed by atoms with van der Waals surface area (Å²) in [5.41, 5.74) is 8.54. The second kappa shape index (κ2) is 4.58. The summed E-state index contributed by atoms with van der Waals surface area (Å²) in [6.07, 6.45) is 5.14. The molecule has 1 nitrogen and oxygen atoms in total. The first-order chi connectivity index (χ1) is 9.38. The van der Waals surface area contributed by atoms with Crippen molar-refractivity contribution in [2.75, 3.05) is 0 Å². The van der Waals surface area contributed by atoms with Gasteiger partial charge in [0.05, 0.1) is 5.52 Å². The Bertz CT molecular complexity index is 674. The molecule has 0 spiro atoms. The maximum Gasteiger partial charge on any atom is 0.0740 e. The van der Waals surface area contributed by atoms with Gasteiger partial charge >= 0.3 is 0 Å². The van der Waals surface area contributed by atoms with Crippen LogP contribution < -0.4 is 0 Å². The molecule has 0 saturated heterocycles. The Morgan fingerprint density at radius 3 is 2.40 bits per heavy atom. The van der Waals surface area contributed by atoms with Gasteiger partial charge in [0.15, 0.2) is 0 Å². The summed E-state index contributed by atoms with van der Waals surface area (Å²) >= 11 is 0. The number of fused-ring (bicyclic) bond motifs is 2. The molecule has 1 heteroatoms. The van der Waals surface area contributed by atoms with Gasteiger partial charge in [-0.1, -0.05) is 20.8 Å². The molecule has 1 aromatic carbocycles. The van der Waals surface area contributed by atoms with Crippen molar-refractivity contribution in [2.45, 2.75) is 65.7 Å². The van der Waals surface area contributed by atoms with Crippen molar-refractivity contribution >= 4 is 10.9 Å². The highest BCUT2D eigenvalue weighted by atomic mass is 14.7. The molecule has 0 bridgehead atoms. The van der Waals surface area contributed by atoms with Gasteiger partial charge in [-0.05, 0) is 79.3 Å². The molecular formula is C19H25N. The highest BCUT2D eigenvalue weighted by Gasteiger charge is 2.22. The van der Waals surface area contributed by atoms with Crippen molar-refractivity contribution in [3.63, 3.8) is 0 Å². The molecule has 0 N–H and O–H groups in total. The first-order valence-electron chi connectivity index (χ1n) is 7.81. The molecule has 0 atom stereocenters. The van der Waals surface area contributed by atoms with Gasteiger partial charge in [-0.3, -0.25) is 4.98 Å². The molecule has 0 unspecified atom stereocenters. The van der Waals surface area contributed by atoms with Crippen LogP contribution in [-0.2, 0) is 18.3 Å². The number of benzene rings is 1. The molecule has 0 aliphatic heterocycles. The molecule has 0 radical (unpaired) electrons. The topological polar surface area (TPSA) is 12.9 Å². The molecule has 3 rings (SSSR count). The number of hydrogen-bond donors (Lipinski definition) is 0. The minimum absolute atomic E-state index is 0.168. The van der Waals surface area contributed by atoms with Crippen molar-refractivity contribution in [1.82, 2.24) is 4.98 Å². The third-order valence-corrected chi connectivity index (χ3v) is 4.63. The van der Waals surface area contributed by atoms with E-state index in [1.807, 2.05) is 0 Å². The third kappa shape index (κ3) is 2.13. The largest absolute Gasteiger partial charge is 0.253 e. The van der Waals surface area contributed by atoms with Gasteiger partial charge < -0.3 is 0 Å². The monoisotopic (exact) mass is 267 g/mol. The summed E-state index contributed by atoms with van der Waals surface area (Å²) in [4.78, 5) is 4.86. The second-order valence-corrected chi connectivity index (χ2v) is 7.30. The molecular weight excluding hydrogens is 242 g/mol. The van der Waals surface area contributed by atoms with Crippen molar-refractivity contribution in [3.8, 4) is 0 Å². The minimum Gasteiger partial charge on any atom is -0.253 e. The Kier molecular flexibility index (Phi) is 3.12. The van der Waals surface area contributed by atoms with E-state index in [0.717, 1.165) is 5.69 Å². The molecule has 20 heavy (non-hydrogen) atoms. The summed E-state index contributed by atoms with van der Waals surface area (Å²) in [6, 6.07) is 4.71. The SMILES string of the molecule is Cc1cc(C(C)(C)C)c2cc3c(c(C)c2n1)CCCC3. The van der Waals surface area contributed by atoms with E-state index in [4.69, 9.17) is 4.98 Å². The van der Waals surface area contributed by atoms with E-state index in [2.05, 4.69) is 46.8 Å². The quantitative estimate of drug-likeness (QED) is 0.652. The Labute approximate surface area is 122 Å². The third-order valence-electron chi connectivity index (χ3n) is 4.63. The summed E-state index contributed by atoms with van der Waals surface area (Å²) in [5.74, 6) is 0. The molecule has 0 amide bonds. The lowest BCUT2D eigenvalue weighted by molar-refractivity contribution is 0.594. The van der Waals surface area contributed by atoms with Crippen LogP contribution in [0.2, 0.25) is 0 Å². The van der Waals surface area contributed by atoms with Gasteiger partial charge in [0.25, 0.3) is 0 Å². The number of nitrogens with zero attached hydrogens (tertiary/aromatic N) is 1. The number of aryl methyl sites for hydroxylation is 3. The van der Waals surface area contributed by atoms with Gasteiger partial charge in [0.1, 0.15) is 0 Å².